The van der Waals surface area contributed by atoms with Gasteiger partial charge in [-0.15, -0.1) is 0 Å². The average Bonchev–Trinajstić information content (AvgIpc) is 2.79. The first kappa shape index (κ1) is 24.9. The van der Waals surface area contributed by atoms with Crippen molar-refractivity contribution in [2.24, 2.45) is 0 Å². The number of fused-ring (bicyclic) bond motifs is 1. The summed E-state index contributed by atoms with van der Waals surface area (Å²) in [6, 6.07) is 5.32. The van der Waals surface area contributed by atoms with Crippen LogP contribution in [0.4, 0.5) is 0 Å². The lowest BCUT2D eigenvalue weighted by molar-refractivity contribution is -0.130. The number of sulfonamides is 1. The van der Waals surface area contributed by atoms with Gasteiger partial charge in [0.2, 0.25) is 15.6 Å². The van der Waals surface area contributed by atoms with Crippen LogP contribution < -0.4 is 10.9 Å². The van der Waals surface area contributed by atoms with E-state index < -0.39 is 33.6 Å². The molecule has 1 aliphatic carbocycles. The van der Waals surface area contributed by atoms with Crippen molar-refractivity contribution in [3.63, 3.8) is 0 Å². The Morgan fingerprint density at radius 3 is 2.45 bits per heavy atom. The van der Waals surface area contributed by atoms with Crippen molar-refractivity contribution >= 4 is 32.8 Å². The summed E-state index contributed by atoms with van der Waals surface area (Å²) in [6.07, 6.45) is 3.99. The molecule has 1 aromatic heterocycles. The molecule has 3 rings (SSSR count). The SMILES string of the molecule is CCN(CC)S(=O)(=O)c1ccc2[nH]c(=O)cc(C(=O)O[C@H](C)C(=O)NC3CCCCC3)c2c1. The normalized spacial score (nSPS) is 16.0. The predicted octanol–water partition coefficient (Wildman–Crippen LogP) is 2.55. The fourth-order valence-corrected chi connectivity index (χ4v) is 5.60. The molecule has 0 bridgehead atoms. The Kier molecular flexibility index (Phi) is 7.91. The highest BCUT2D eigenvalue weighted by Gasteiger charge is 2.26. The quantitative estimate of drug-likeness (QED) is 0.563. The highest BCUT2D eigenvalue weighted by Crippen LogP contribution is 2.24. The van der Waals surface area contributed by atoms with Crippen LogP contribution in [0.2, 0.25) is 0 Å². The maximum Gasteiger partial charge on any atom is 0.339 e. The van der Waals surface area contributed by atoms with Gasteiger partial charge < -0.3 is 15.0 Å². The largest absolute Gasteiger partial charge is 0.449 e. The fraction of sp³-hybridized carbons (Fsp3) is 0.522. The lowest BCUT2D eigenvalue weighted by Gasteiger charge is -2.24. The summed E-state index contributed by atoms with van der Waals surface area (Å²) < 4.78 is 32.5. The minimum atomic E-state index is -3.77. The van der Waals surface area contributed by atoms with Gasteiger partial charge in [0.15, 0.2) is 6.10 Å². The standard InChI is InChI=1S/C23H31N3O6S/c1-4-26(5-2)33(30,31)17-11-12-20-18(13-17)19(14-21(27)25-20)23(29)32-15(3)22(28)24-16-9-7-6-8-10-16/h11-16H,4-10H2,1-3H3,(H,24,28)(H,25,27)/t15-/m1/s1. The Hall–Kier alpha value is -2.72. The van der Waals surface area contributed by atoms with E-state index in [9.17, 15) is 22.8 Å². The van der Waals surface area contributed by atoms with Crippen molar-refractivity contribution in [3.8, 4) is 0 Å². The summed E-state index contributed by atoms with van der Waals surface area (Å²) in [5.74, 6) is -1.26. The van der Waals surface area contributed by atoms with Crippen molar-refractivity contribution < 1.29 is 22.7 Å². The van der Waals surface area contributed by atoms with Gasteiger partial charge in [0, 0.05) is 36.1 Å². The number of pyridine rings is 1. The molecule has 1 amide bonds. The number of hydrogen-bond acceptors (Lipinski definition) is 6. The Balaban J connectivity index is 1.88. The van der Waals surface area contributed by atoms with Gasteiger partial charge in [-0.3, -0.25) is 9.59 Å². The maximum absolute atomic E-state index is 12.9. The van der Waals surface area contributed by atoms with Crippen LogP contribution in [0.3, 0.4) is 0 Å². The maximum atomic E-state index is 12.9. The van der Waals surface area contributed by atoms with Gasteiger partial charge in [0.05, 0.1) is 10.5 Å². The summed E-state index contributed by atoms with van der Waals surface area (Å²) in [7, 11) is -3.77. The number of H-pyrrole nitrogens is 1. The molecular formula is C23H31N3O6S. The molecule has 1 atom stereocenters. The van der Waals surface area contributed by atoms with Gasteiger partial charge in [-0.2, -0.15) is 4.31 Å². The third-order valence-corrected chi connectivity index (χ3v) is 8.03. The van der Waals surface area contributed by atoms with Gasteiger partial charge in [-0.25, -0.2) is 13.2 Å². The third-order valence-electron chi connectivity index (χ3n) is 5.98. The molecule has 9 nitrogen and oxygen atoms in total. The monoisotopic (exact) mass is 477 g/mol. The van der Waals surface area contributed by atoms with E-state index in [1.54, 1.807) is 13.8 Å². The average molecular weight is 478 g/mol. The second kappa shape index (κ2) is 10.5. The zero-order valence-electron chi connectivity index (χ0n) is 19.2. The van der Waals surface area contributed by atoms with Gasteiger partial charge >= 0.3 is 5.97 Å². The van der Waals surface area contributed by atoms with E-state index in [0.717, 1.165) is 38.2 Å². The molecule has 10 heteroatoms. The molecule has 0 radical (unpaired) electrons. The number of carbonyl (C=O) groups is 2. The number of aromatic nitrogens is 1. The summed E-state index contributed by atoms with van der Waals surface area (Å²) >= 11 is 0. The molecule has 2 aromatic rings. The van der Waals surface area contributed by atoms with Gasteiger partial charge in [0.25, 0.3) is 5.91 Å². The molecule has 1 fully saturated rings. The van der Waals surface area contributed by atoms with Crippen LogP contribution in [-0.4, -0.2) is 54.8 Å². The number of nitrogens with one attached hydrogen (secondary N) is 2. The molecule has 0 saturated heterocycles. The van der Waals surface area contributed by atoms with Crippen molar-refractivity contribution in [3.05, 3.63) is 40.2 Å². The van der Waals surface area contributed by atoms with E-state index in [-0.39, 0.29) is 21.9 Å². The van der Waals surface area contributed by atoms with Gasteiger partial charge in [-0.1, -0.05) is 33.1 Å². The minimum absolute atomic E-state index is 0.00267. The fourth-order valence-electron chi connectivity index (χ4n) is 4.12. The molecule has 2 N–H and O–H groups in total. The van der Waals surface area contributed by atoms with Crippen LogP contribution >= 0.6 is 0 Å². The molecule has 0 aliphatic heterocycles. The van der Waals surface area contributed by atoms with E-state index in [1.807, 2.05) is 0 Å². The number of amides is 1. The number of carbonyl (C=O) groups excluding carboxylic acids is 2. The smallest absolute Gasteiger partial charge is 0.339 e. The van der Waals surface area contributed by atoms with E-state index in [2.05, 4.69) is 10.3 Å². The molecule has 33 heavy (non-hydrogen) atoms. The van der Waals surface area contributed by atoms with Gasteiger partial charge in [-0.05, 0) is 38.0 Å². The molecule has 0 unspecified atom stereocenters. The van der Waals surface area contributed by atoms with Crippen LogP contribution in [0.5, 0.6) is 0 Å². The third kappa shape index (κ3) is 5.62. The summed E-state index contributed by atoms with van der Waals surface area (Å²) in [4.78, 5) is 40.1. The van der Waals surface area contributed by atoms with E-state index in [4.69, 9.17) is 4.74 Å². The molecule has 1 saturated carbocycles. The van der Waals surface area contributed by atoms with Crippen LogP contribution in [-0.2, 0) is 19.6 Å². The van der Waals surface area contributed by atoms with E-state index >= 15 is 0 Å². The lowest BCUT2D eigenvalue weighted by Crippen LogP contribution is -2.42. The summed E-state index contributed by atoms with van der Waals surface area (Å²) in [5, 5.41) is 3.14. The molecule has 180 valence electrons. The van der Waals surface area contributed by atoms with E-state index in [0.29, 0.717) is 18.6 Å². The molecule has 1 aliphatic rings. The van der Waals surface area contributed by atoms with Gasteiger partial charge in [0.1, 0.15) is 0 Å². The predicted molar refractivity (Wildman–Crippen MR) is 125 cm³/mol. The summed E-state index contributed by atoms with van der Waals surface area (Å²) in [5.41, 5.74) is -0.331. The van der Waals surface area contributed by atoms with Crippen molar-refractivity contribution in [2.45, 2.75) is 69.9 Å². The lowest BCUT2D eigenvalue weighted by atomic mass is 9.95. The molecule has 0 spiro atoms. The number of esters is 1. The Morgan fingerprint density at radius 2 is 1.82 bits per heavy atom. The topological polar surface area (TPSA) is 126 Å². The van der Waals surface area contributed by atoms with Crippen molar-refractivity contribution in [2.75, 3.05) is 13.1 Å². The van der Waals surface area contributed by atoms with Crippen LogP contribution in [0, 0.1) is 0 Å². The molecule has 1 aromatic carbocycles. The second-order valence-corrected chi connectivity index (χ2v) is 10.2. The van der Waals surface area contributed by atoms with Crippen molar-refractivity contribution in [1.29, 1.82) is 0 Å². The Labute approximate surface area is 193 Å². The zero-order valence-corrected chi connectivity index (χ0v) is 20.0. The van der Waals surface area contributed by atoms with Crippen LogP contribution in [0.1, 0.15) is 63.2 Å². The number of nitrogens with zero attached hydrogens (tertiary/aromatic N) is 1. The summed E-state index contributed by atoms with van der Waals surface area (Å²) in [6.45, 7) is 5.54. The molecular weight excluding hydrogens is 446 g/mol. The second-order valence-electron chi connectivity index (χ2n) is 8.24. The number of benzene rings is 1. The van der Waals surface area contributed by atoms with Crippen LogP contribution in [0.25, 0.3) is 10.9 Å². The Bertz CT molecular complexity index is 1180. The van der Waals surface area contributed by atoms with Crippen molar-refractivity contribution in [1.82, 2.24) is 14.6 Å². The molecule has 1 heterocycles. The first-order chi connectivity index (χ1) is 15.7. The van der Waals surface area contributed by atoms with Crippen LogP contribution in [0.15, 0.2) is 34.0 Å². The van der Waals surface area contributed by atoms with E-state index in [1.165, 1.54) is 29.4 Å². The minimum Gasteiger partial charge on any atom is -0.449 e. The first-order valence-corrected chi connectivity index (χ1v) is 12.8. The highest BCUT2D eigenvalue weighted by molar-refractivity contribution is 7.89. The number of rotatable bonds is 8. The number of ether oxygens (including phenoxy) is 1. The zero-order chi connectivity index (χ0) is 24.2. The number of aromatic amines is 1. The number of hydrogen-bond donors (Lipinski definition) is 2. The highest BCUT2D eigenvalue weighted by atomic mass is 32.2. The first-order valence-electron chi connectivity index (χ1n) is 11.4. The Morgan fingerprint density at radius 1 is 1.15 bits per heavy atom.